The van der Waals surface area contributed by atoms with E-state index < -0.39 is 0 Å². The summed E-state index contributed by atoms with van der Waals surface area (Å²) in [5.74, 6) is -0.0490. The predicted octanol–water partition coefficient (Wildman–Crippen LogP) is 4.16. The van der Waals surface area contributed by atoms with Gasteiger partial charge in [0.25, 0.3) is 5.91 Å². The summed E-state index contributed by atoms with van der Waals surface area (Å²) in [7, 11) is 0. The second kappa shape index (κ2) is 7.23. The summed E-state index contributed by atoms with van der Waals surface area (Å²) in [5, 5.41) is 6.95. The van der Waals surface area contributed by atoms with Gasteiger partial charge in [0, 0.05) is 23.9 Å². The quantitative estimate of drug-likeness (QED) is 0.746. The molecule has 1 amide bonds. The molecule has 1 N–H and O–H groups in total. The predicted molar refractivity (Wildman–Crippen MR) is 99.9 cm³/mol. The number of carbonyl (C=O) groups is 1. The Morgan fingerprint density at radius 3 is 2.54 bits per heavy atom. The number of hydrogen-bond acceptors (Lipinski definition) is 5. The molecule has 0 aliphatic carbocycles. The second-order valence-corrected chi connectivity index (χ2v) is 7.72. The first-order valence-corrected chi connectivity index (χ1v) is 9.46. The third-order valence-corrected chi connectivity index (χ3v) is 5.64. The number of nitrogens with zero attached hydrogens (tertiary/aromatic N) is 2. The highest BCUT2D eigenvalue weighted by molar-refractivity contribution is 7.13. The molecule has 0 aliphatic rings. The number of aryl methyl sites for hydroxylation is 3. The first kappa shape index (κ1) is 16.8. The van der Waals surface area contributed by atoms with Crippen molar-refractivity contribution in [3.05, 3.63) is 56.5 Å². The van der Waals surface area contributed by atoms with Gasteiger partial charge in [-0.15, -0.1) is 22.7 Å². The van der Waals surface area contributed by atoms with Gasteiger partial charge in [0.1, 0.15) is 9.88 Å². The molecular formula is C18H19N3OS2. The van der Waals surface area contributed by atoms with Gasteiger partial charge < -0.3 is 5.32 Å². The summed E-state index contributed by atoms with van der Waals surface area (Å²) in [6, 6.07) is 8.37. The molecule has 0 saturated heterocycles. The van der Waals surface area contributed by atoms with E-state index in [4.69, 9.17) is 0 Å². The van der Waals surface area contributed by atoms with Gasteiger partial charge >= 0.3 is 0 Å². The number of benzene rings is 1. The van der Waals surface area contributed by atoms with Crippen molar-refractivity contribution in [3.63, 3.8) is 0 Å². The largest absolute Gasteiger partial charge is 0.351 e. The van der Waals surface area contributed by atoms with Crippen LogP contribution in [0.1, 0.15) is 31.6 Å². The Morgan fingerprint density at radius 2 is 1.88 bits per heavy atom. The van der Waals surface area contributed by atoms with E-state index in [1.807, 2.05) is 13.8 Å². The molecule has 0 radical (unpaired) electrons. The van der Waals surface area contributed by atoms with Gasteiger partial charge in [-0.3, -0.25) is 4.79 Å². The summed E-state index contributed by atoms with van der Waals surface area (Å²) >= 11 is 3.07. The SMILES string of the molecule is Cc1ccc(-c2nc(CCNC(=O)c3sc(C)nc3C)cs2)cc1. The van der Waals surface area contributed by atoms with Crippen molar-refractivity contribution in [1.29, 1.82) is 0 Å². The normalized spacial score (nSPS) is 10.8. The molecule has 3 rings (SSSR count). The summed E-state index contributed by atoms with van der Waals surface area (Å²) in [6.45, 7) is 6.43. The standard InChI is InChI=1S/C18H19N3OS2/c1-11-4-6-14(7-5-11)18-21-15(10-23-18)8-9-19-17(22)16-12(2)20-13(3)24-16/h4-7,10H,8-9H2,1-3H3,(H,19,22). The van der Waals surface area contributed by atoms with Crippen LogP contribution < -0.4 is 5.32 Å². The highest BCUT2D eigenvalue weighted by atomic mass is 32.1. The fourth-order valence-electron chi connectivity index (χ4n) is 2.38. The van der Waals surface area contributed by atoms with Gasteiger partial charge in [0.2, 0.25) is 0 Å². The molecule has 0 fully saturated rings. The molecule has 0 spiro atoms. The van der Waals surface area contributed by atoms with Crippen molar-refractivity contribution < 1.29 is 4.79 Å². The summed E-state index contributed by atoms with van der Waals surface area (Å²) in [4.78, 5) is 21.8. The molecule has 0 unspecified atom stereocenters. The maximum absolute atomic E-state index is 12.2. The van der Waals surface area contributed by atoms with E-state index in [0.29, 0.717) is 11.4 Å². The van der Waals surface area contributed by atoms with Crippen LogP contribution in [0.2, 0.25) is 0 Å². The average Bonchev–Trinajstić information content (AvgIpc) is 3.14. The van der Waals surface area contributed by atoms with Crippen LogP contribution in [0.25, 0.3) is 10.6 Å². The number of amides is 1. The summed E-state index contributed by atoms with van der Waals surface area (Å²) in [5.41, 5.74) is 4.18. The van der Waals surface area contributed by atoms with Gasteiger partial charge in [-0.05, 0) is 20.8 Å². The Bertz CT molecular complexity index is 850. The fraction of sp³-hybridized carbons (Fsp3) is 0.278. The van der Waals surface area contributed by atoms with Gasteiger partial charge in [0.15, 0.2) is 0 Å². The molecular weight excluding hydrogens is 338 g/mol. The number of thiazole rings is 2. The van der Waals surface area contributed by atoms with Crippen LogP contribution in [-0.2, 0) is 6.42 Å². The van der Waals surface area contributed by atoms with E-state index in [1.54, 1.807) is 11.3 Å². The third kappa shape index (κ3) is 3.88. The van der Waals surface area contributed by atoms with Crippen molar-refractivity contribution in [3.8, 4) is 10.6 Å². The molecule has 0 aliphatic heterocycles. The third-order valence-electron chi connectivity index (χ3n) is 3.63. The molecule has 2 heterocycles. The minimum atomic E-state index is -0.0490. The van der Waals surface area contributed by atoms with Gasteiger partial charge in [-0.25, -0.2) is 9.97 Å². The van der Waals surface area contributed by atoms with Crippen LogP contribution in [0.4, 0.5) is 0 Å². The Labute approximate surface area is 149 Å². The maximum Gasteiger partial charge on any atom is 0.263 e. The van der Waals surface area contributed by atoms with E-state index in [1.165, 1.54) is 16.9 Å². The second-order valence-electron chi connectivity index (χ2n) is 5.66. The number of aromatic nitrogens is 2. The van der Waals surface area contributed by atoms with Crippen molar-refractivity contribution >= 4 is 28.6 Å². The smallest absolute Gasteiger partial charge is 0.263 e. The molecule has 3 aromatic rings. The van der Waals surface area contributed by atoms with Crippen LogP contribution in [0.3, 0.4) is 0 Å². The Kier molecular flexibility index (Phi) is 5.06. The van der Waals surface area contributed by atoms with Gasteiger partial charge in [0.05, 0.1) is 16.4 Å². The number of nitrogens with one attached hydrogen (secondary N) is 1. The molecule has 1 aromatic carbocycles. The molecule has 0 bridgehead atoms. The first-order chi connectivity index (χ1) is 11.5. The van der Waals surface area contributed by atoms with Crippen LogP contribution in [0.5, 0.6) is 0 Å². The lowest BCUT2D eigenvalue weighted by molar-refractivity contribution is 0.0957. The Hall–Kier alpha value is -2.05. The number of rotatable bonds is 5. The van der Waals surface area contributed by atoms with Gasteiger partial charge in [-0.1, -0.05) is 29.8 Å². The monoisotopic (exact) mass is 357 g/mol. The molecule has 2 aromatic heterocycles. The van der Waals surface area contributed by atoms with E-state index in [2.05, 4.69) is 51.9 Å². The molecule has 24 heavy (non-hydrogen) atoms. The van der Waals surface area contributed by atoms with E-state index in [-0.39, 0.29) is 5.91 Å². The molecule has 6 heteroatoms. The zero-order chi connectivity index (χ0) is 17.1. The summed E-state index contributed by atoms with van der Waals surface area (Å²) < 4.78 is 0. The molecule has 4 nitrogen and oxygen atoms in total. The van der Waals surface area contributed by atoms with Crippen LogP contribution in [-0.4, -0.2) is 22.4 Å². The summed E-state index contributed by atoms with van der Waals surface area (Å²) in [6.07, 6.45) is 0.727. The Balaban J connectivity index is 1.57. The van der Waals surface area contributed by atoms with E-state index in [0.717, 1.165) is 33.4 Å². The topological polar surface area (TPSA) is 54.9 Å². The number of carbonyl (C=O) groups excluding carboxylic acids is 1. The minimum Gasteiger partial charge on any atom is -0.351 e. The molecule has 0 atom stereocenters. The zero-order valence-corrected chi connectivity index (χ0v) is 15.6. The lowest BCUT2D eigenvalue weighted by Crippen LogP contribution is -2.25. The van der Waals surface area contributed by atoms with Crippen molar-refractivity contribution in [2.45, 2.75) is 27.2 Å². The van der Waals surface area contributed by atoms with Crippen molar-refractivity contribution in [2.75, 3.05) is 6.54 Å². The highest BCUT2D eigenvalue weighted by Crippen LogP contribution is 2.24. The zero-order valence-electron chi connectivity index (χ0n) is 13.9. The van der Waals surface area contributed by atoms with Crippen LogP contribution in [0.15, 0.2) is 29.6 Å². The maximum atomic E-state index is 12.2. The average molecular weight is 358 g/mol. The lowest BCUT2D eigenvalue weighted by atomic mass is 10.2. The number of hydrogen-bond donors (Lipinski definition) is 1. The molecule has 0 saturated carbocycles. The van der Waals surface area contributed by atoms with Gasteiger partial charge in [-0.2, -0.15) is 0 Å². The fourth-order valence-corrected chi connectivity index (χ4v) is 4.07. The van der Waals surface area contributed by atoms with Crippen LogP contribution >= 0.6 is 22.7 Å². The minimum absolute atomic E-state index is 0.0490. The molecule has 124 valence electrons. The van der Waals surface area contributed by atoms with Crippen molar-refractivity contribution in [2.24, 2.45) is 0 Å². The van der Waals surface area contributed by atoms with Crippen LogP contribution in [0, 0.1) is 20.8 Å². The first-order valence-electron chi connectivity index (χ1n) is 7.76. The van der Waals surface area contributed by atoms with E-state index in [9.17, 15) is 4.79 Å². The van der Waals surface area contributed by atoms with Crippen molar-refractivity contribution in [1.82, 2.24) is 15.3 Å². The van der Waals surface area contributed by atoms with E-state index >= 15 is 0 Å². The Morgan fingerprint density at radius 1 is 1.12 bits per heavy atom. The highest BCUT2D eigenvalue weighted by Gasteiger charge is 2.13. The lowest BCUT2D eigenvalue weighted by Gasteiger charge is -2.02.